The van der Waals surface area contributed by atoms with Crippen LogP contribution in [-0.4, -0.2) is 11.1 Å². The maximum absolute atomic E-state index is 13.1. The predicted molar refractivity (Wildman–Crippen MR) is 60.2 cm³/mol. The molecule has 0 aliphatic rings. The fourth-order valence-corrected chi connectivity index (χ4v) is 1.58. The molecule has 0 saturated carbocycles. The summed E-state index contributed by atoms with van der Waals surface area (Å²) in [6.45, 7) is 1.67. The van der Waals surface area contributed by atoms with Gasteiger partial charge in [0.2, 0.25) is 0 Å². The summed E-state index contributed by atoms with van der Waals surface area (Å²) in [4.78, 5) is 10.5. The van der Waals surface area contributed by atoms with Crippen LogP contribution in [0.1, 0.15) is 11.3 Å². The zero-order chi connectivity index (χ0) is 12.4. The van der Waals surface area contributed by atoms with E-state index in [1.54, 1.807) is 31.2 Å². The van der Waals surface area contributed by atoms with Crippen molar-refractivity contribution in [1.29, 1.82) is 0 Å². The molecule has 3 nitrogen and oxygen atoms in total. The maximum atomic E-state index is 13.1. The lowest BCUT2D eigenvalue weighted by Gasteiger charge is -2.00. The van der Waals surface area contributed by atoms with Crippen LogP contribution in [0.15, 0.2) is 34.7 Å². The average molecular weight is 234 g/mol. The Hall–Kier alpha value is -2.10. The second kappa shape index (κ2) is 4.41. The van der Waals surface area contributed by atoms with E-state index >= 15 is 0 Å². The molecule has 0 atom stereocenters. The third-order valence-electron chi connectivity index (χ3n) is 2.43. The molecule has 1 heterocycles. The van der Waals surface area contributed by atoms with E-state index in [-0.39, 0.29) is 12.2 Å². The zero-order valence-corrected chi connectivity index (χ0v) is 9.24. The summed E-state index contributed by atoms with van der Waals surface area (Å²) in [6, 6.07) is 7.93. The predicted octanol–water partition coefficient (Wildman–Crippen LogP) is 3.02. The van der Waals surface area contributed by atoms with Gasteiger partial charge in [0.1, 0.15) is 23.8 Å². The first-order valence-electron chi connectivity index (χ1n) is 5.13. The molecule has 0 bridgehead atoms. The molecular weight excluding hydrogens is 223 g/mol. The number of furan rings is 1. The quantitative estimate of drug-likeness (QED) is 0.888. The van der Waals surface area contributed by atoms with Crippen LogP contribution >= 0.6 is 0 Å². The molecule has 0 aliphatic heterocycles. The van der Waals surface area contributed by atoms with Crippen LogP contribution < -0.4 is 0 Å². The first-order valence-corrected chi connectivity index (χ1v) is 5.13. The molecule has 0 radical (unpaired) electrons. The molecule has 0 unspecified atom stereocenters. The van der Waals surface area contributed by atoms with Gasteiger partial charge in [0, 0.05) is 5.56 Å². The Balaban J connectivity index is 2.30. The van der Waals surface area contributed by atoms with Crippen LogP contribution in [0.5, 0.6) is 0 Å². The highest BCUT2D eigenvalue weighted by atomic mass is 19.1. The molecule has 0 aliphatic carbocycles. The van der Waals surface area contributed by atoms with Crippen molar-refractivity contribution in [2.75, 3.05) is 0 Å². The van der Waals surface area contributed by atoms with Gasteiger partial charge in [-0.15, -0.1) is 0 Å². The summed E-state index contributed by atoms with van der Waals surface area (Å²) in [7, 11) is 0. The van der Waals surface area contributed by atoms with Crippen molar-refractivity contribution in [2.24, 2.45) is 0 Å². The third kappa shape index (κ3) is 2.53. The molecule has 1 aromatic carbocycles. The zero-order valence-electron chi connectivity index (χ0n) is 9.24. The normalized spacial score (nSPS) is 10.5. The Kier molecular flexibility index (Phi) is 2.95. The number of aliphatic carboxylic acids is 1. The summed E-state index contributed by atoms with van der Waals surface area (Å²) in [5.74, 6) is -0.286. The van der Waals surface area contributed by atoms with Crippen LogP contribution in [0.3, 0.4) is 0 Å². The average Bonchev–Trinajstić information content (AvgIpc) is 2.69. The highest BCUT2D eigenvalue weighted by molar-refractivity contribution is 5.70. The summed E-state index contributed by atoms with van der Waals surface area (Å²) < 4.78 is 18.5. The first kappa shape index (κ1) is 11.4. The van der Waals surface area contributed by atoms with Crippen LogP contribution in [-0.2, 0) is 11.2 Å². The molecule has 0 spiro atoms. The molecule has 2 rings (SSSR count). The Bertz CT molecular complexity index is 558. The van der Waals surface area contributed by atoms with Gasteiger partial charge >= 0.3 is 5.97 Å². The SMILES string of the molecule is Cc1cc(-c2ccc(CC(=O)O)o2)ccc1F. The number of hydrogen-bond acceptors (Lipinski definition) is 2. The highest BCUT2D eigenvalue weighted by Crippen LogP contribution is 2.24. The van der Waals surface area contributed by atoms with Gasteiger partial charge < -0.3 is 9.52 Å². The molecule has 2 aromatic rings. The monoisotopic (exact) mass is 234 g/mol. The summed E-state index contributed by atoms with van der Waals surface area (Å²) in [5, 5.41) is 8.62. The lowest BCUT2D eigenvalue weighted by atomic mass is 10.1. The van der Waals surface area contributed by atoms with Crippen molar-refractivity contribution < 1.29 is 18.7 Å². The van der Waals surface area contributed by atoms with Gasteiger partial charge in [0.15, 0.2) is 0 Å². The van der Waals surface area contributed by atoms with E-state index < -0.39 is 5.97 Å². The van der Waals surface area contributed by atoms with E-state index in [0.717, 1.165) is 5.56 Å². The smallest absolute Gasteiger partial charge is 0.311 e. The second-order valence-corrected chi connectivity index (χ2v) is 3.80. The summed E-state index contributed by atoms with van der Waals surface area (Å²) in [6.07, 6.45) is -0.153. The Morgan fingerprint density at radius 2 is 2.12 bits per heavy atom. The van der Waals surface area contributed by atoms with Crippen LogP contribution in [0.25, 0.3) is 11.3 Å². The molecular formula is C13H11FO3. The Morgan fingerprint density at radius 3 is 2.76 bits per heavy atom. The third-order valence-corrected chi connectivity index (χ3v) is 2.43. The lowest BCUT2D eigenvalue weighted by molar-refractivity contribution is -0.136. The van der Waals surface area contributed by atoms with E-state index in [4.69, 9.17) is 9.52 Å². The van der Waals surface area contributed by atoms with Crippen molar-refractivity contribution >= 4 is 5.97 Å². The Morgan fingerprint density at radius 1 is 1.35 bits per heavy atom. The number of carbonyl (C=O) groups is 1. The molecule has 1 aromatic heterocycles. The number of halogens is 1. The van der Waals surface area contributed by atoms with Gasteiger partial charge in [-0.1, -0.05) is 0 Å². The Labute approximate surface area is 97.5 Å². The van der Waals surface area contributed by atoms with E-state index in [2.05, 4.69) is 0 Å². The fraction of sp³-hybridized carbons (Fsp3) is 0.154. The van der Waals surface area contributed by atoms with E-state index in [0.29, 0.717) is 17.1 Å². The van der Waals surface area contributed by atoms with Crippen molar-refractivity contribution in [3.8, 4) is 11.3 Å². The van der Waals surface area contributed by atoms with E-state index in [1.807, 2.05) is 0 Å². The van der Waals surface area contributed by atoms with Crippen molar-refractivity contribution in [2.45, 2.75) is 13.3 Å². The van der Waals surface area contributed by atoms with E-state index in [1.165, 1.54) is 6.07 Å². The number of hydrogen-bond donors (Lipinski definition) is 1. The molecule has 0 amide bonds. The first-order chi connectivity index (χ1) is 8.06. The van der Waals surface area contributed by atoms with Gasteiger partial charge in [-0.05, 0) is 42.8 Å². The van der Waals surface area contributed by atoms with Crippen LogP contribution in [0.2, 0.25) is 0 Å². The van der Waals surface area contributed by atoms with Gasteiger partial charge in [-0.25, -0.2) is 4.39 Å². The number of carboxylic acids is 1. The van der Waals surface area contributed by atoms with Gasteiger partial charge in [0.25, 0.3) is 0 Å². The molecule has 4 heteroatoms. The summed E-state index contributed by atoms with van der Waals surface area (Å²) in [5.41, 5.74) is 1.26. The van der Waals surface area contributed by atoms with Crippen molar-refractivity contribution in [3.63, 3.8) is 0 Å². The largest absolute Gasteiger partial charge is 0.481 e. The van der Waals surface area contributed by atoms with Crippen LogP contribution in [0.4, 0.5) is 4.39 Å². The molecule has 1 N–H and O–H groups in total. The maximum Gasteiger partial charge on any atom is 0.311 e. The minimum atomic E-state index is -0.943. The second-order valence-electron chi connectivity index (χ2n) is 3.80. The number of carboxylic acid groups (broad SMARTS) is 1. The number of rotatable bonds is 3. The molecule has 0 fully saturated rings. The lowest BCUT2D eigenvalue weighted by Crippen LogP contribution is -1.97. The number of aryl methyl sites for hydroxylation is 1. The minimum absolute atomic E-state index is 0.153. The topological polar surface area (TPSA) is 50.4 Å². The molecule has 88 valence electrons. The van der Waals surface area contributed by atoms with Crippen molar-refractivity contribution in [3.05, 3.63) is 47.5 Å². The molecule has 17 heavy (non-hydrogen) atoms. The standard InChI is InChI=1S/C13H11FO3/c1-8-6-9(2-4-11(8)14)12-5-3-10(17-12)7-13(15)16/h2-6H,7H2,1H3,(H,15,16). The van der Waals surface area contributed by atoms with Gasteiger partial charge in [-0.3, -0.25) is 4.79 Å². The number of benzene rings is 1. The van der Waals surface area contributed by atoms with Crippen LogP contribution in [0, 0.1) is 12.7 Å². The van der Waals surface area contributed by atoms with Gasteiger partial charge in [0.05, 0.1) is 0 Å². The van der Waals surface area contributed by atoms with Gasteiger partial charge in [-0.2, -0.15) is 0 Å². The minimum Gasteiger partial charge on any atom is -0.481 e. The van der Waals surface area contributed by atoms with Crippen molar-refractivity contribution in [1.82, 2.24) is 0 Å². The highest BCUT2D eigenvalue weighted by Gasteiger charge is 2.09. The van der Waals surface area contributed by atoms with E-state index in [9.17, 15) is 9.18 Å². The summed E-state index contributed by atoms with van der Waals surface area (Å²) >= 11 is 0. The molecule has 0 saturated heterocycles. The fourth-order valence-electron chi connectivity index (χ4n) is 1.58.